The topological polar surface area (TPSA) is 96.0 Å². The molecule has 1 fully saturated rings. The van der Waals surface area contributed by atoms with Gasteiger partial charge in [0.2, 0.25) is 21.8 Å². The Bertz CT molecular complexity index is 1210. The normalized spacial score (nSPS) is 14.7. The maximum Gasteiger partial charge on any atom is 0.244 e. The summed E-state index contributed by atoms with van der Waals surface area (Å²) in [6.45, 7) is 5.35. The zero-order valence-corrected chi connectivity index (χ0v) is 23.3. The molecular weight excluding hydrogens is 490 g/mol. The maximum atomic E-state index is 13.9. The second-order valence-electron chi connectivity index (χ2n) is 9.78. The van der Waals surface area contributed by atoms with Crippen LogP contribution in [-0.4, -0.2) is 57.1 Å². The van der Waals surface area contributed by atoms with Gasteiger partial charge >= 0.3 is 0 Å². The van der Waals surface area contributed by atoms with Crippen LogP contribution in [0.4, 0.5) is 5.69 Å². The Morgan fingerprint density at radius 2 is 1.78 bits per heavy atom. The number of nitrogens with one attached hydrogen (secondary N) is 1. The van der Waals surface area contributed by atoms with E-state index in [1.807, 2.05) is 51.1 Å². The molecule has 2 amide bonds. The number of rotatable bonds is 11. The Morgan fingerprint density at radius 3 is 2.41 bits per heavy atom. The van der Waals surface area contributed by atoms with Crippen LogP contribution in [0.5, 0.6) is 5.75 Å². The van der Waals surface area contributed by atoms with Crippen LogP contribution < -0.4 is 14.4 Å². The number of hydrogen-bond acceptors (Lipinski definition) is 5. The summed E-state index contributed by atoms with van der Waals surface area (Å²) >= 11 is 0. The molecule has 0 aromatic heterocycles. The summed E-state index contributed by atoms with van der Waals surface area (Å²) in [5.74, 6) is -0.00707. The average molecular weight is 530 g/mol. The highest BCUT2D eigenvalue weighted by atomic mass is 32.2. The van der Waals surface area contributed by atoms with E-state index in [1.54, 1.807) is 19.2 Å². The van der Waals surface area contributed by atoms with E-state index in [4.69, 9.17) is 4.74 Å². The number of carbonyl (C=O) groups is 2. The fourth-order valence-corrected chi connectivity index (χ4v) is 5.76. The summed E-state index contributed by atoms with van der Waals surface area (Å²) in [7, 11) is -2.21. The smallest absolute Gasteiger partial charge is 0.244 e. The van der Waals surface area contributed by atoms with Crippen molar-refractivity contribution in [1.29, 1.82) is 0 Å². The third-order valence-electron chi connectivity index (χ3n) is 7.10. The number of methoxy groups -OCH3 is 1. The molecule has 0 bridgehead atoms. The summed E-state index contributed by atoms with van der Waals surface area (Å²) < 4.78 is 32.2. The van der Waals surface area contributed by atoms with E-state index in [9.17, 15) is 18.0 Å². The zero-order valence-electron chi connectivity index (χ0n) is 22.5. The van der Waals surface area contributed by atoms with E-state index in [0.29, 0.717) is 17.9 Å². The van der Waals surface area contributed by atoms with Gasteiger partial charge in [0.05, 0.1) is 19.1 Å². The van der Waals surface area contributed by atoms with Crippen LogP contribution in [0.1, 0.15) is 55.7 Å². The van der Waals surface area contributed by atoms with Gasteiger partial charge in [-0.1, -0.05) is 44.0 Å². The van der Waals surface area contributed by atoms with Crippen molar-refractivity contribution in [2.24, 2.45) is 0 Å². The number of aryl methyl sites for hydroxylation is 1. The molecule has 0 saturated heterocycles. The predicted molar refractivity (Wildman–Crippen MR) is 146 cm³/mol. The minimum Gasteiger partial charge on any atom is -0.497 e. The summed E-state index contributed by atoms with van der Waals surface area (Å²) in [4.78, 5) is 28.8. The molecule has 1 N–H and O–H groups in total. The van der Waals surface area contributed by atoms with E-state index >= 15 is 0 Å². The van der Waals surface area contributed by atoms with Crippen molar-refractivity contribution in [2.45, 2.75) is 71.5 Å². The van der Waals surface area contributed by atoms with Gasteiger partial charge in [0.15, 0.2) is 0 Å². The quantitative estimate of drug-likeness (QED) is 0.476. The molecular formula is C28H39N3O5S. The Labute approximate surface area is 221 Å². The highest BCUT2D eigenvalue weighted by Gasteiger charge is 2.33. The number of hydrogen-bond donors (Lipinski definition) is 1. The van der Waals surface area contributed by atoms with Crippen molar-refractivity contribution in [2.75, 3.05) is 24.2 Å². The first-order chi connectivity index (χ1) is 17.5. The molecule has 2 aromatic carbocycles. The van der Waals surface area contributed by atoms with Gasteiger partial charge in [0.1, 0.15) is 18.3 Å². The highest BCUT2D eigenvalue weighted by Crippen LogP contribution is 2.26. The number of carbonyl (C=O) groups excluding carboxylic acids is 2. The van der Waals surface area contributed by atoms with Gasteiger partial charge in [-0.15, -0.1) is 0 Å². The molecule has 0 unspecified atom stereocenters. The largest absolute Gasteiger partial charge is 0.497 e. The molecule has 0 spiro atoms. The van der Waals surface area contributed by atoms with E-state index < -0.39 is 28.5 Å². The molecule has 0 heterocycles. The Hall–Kier alpha value is -3.07. The molecule has 8 nitrogen and oxygen atoms in total. The monoisotopic (exact) mass is 529 g/mol. The zero-order chi connectivity index (χ0) is 27.2. The van der Waals surface area contributed by atoms with Crippen LogP contribution in [0.25, 0.3) is 0 Å². The first-order valence-corrected chi connectivity index (χ1v) is 14.7. The van der Waals surface area contributed by atoms with Crippen molar-refractivity contribution in [3.63, 3.8) is 0 Å². The summed E-state index contributed by atoms with van der Waals surface area (Å²) in [5.41, 5.74) is 2.96. The van der Waals surface area contributed by atoms with Gasteiger partial charge in [-0.3, -0.25) is 13.9 Å². The van der Waals surface area contributed by atoms with Gasteiger partial charge < -0.3 is 15.0 Å². The third kappa shape index (κ3) is 7.25. The van der Waals surface area contributed by atoms with Crippen molar-refractivity contribution < 1.29 is 22.7 Å². The summed E-state index contributed by atoms with van der Waals surface area (Å²) in [5, 5.41) is 3.12. The first-order valence-electron chi connectivity index (χ1n) is 12.8. The lowest BCUT2D eigenvalue weighted by molar-refractivity contribution is -0.140. The molecule has 1 aliphatic carbocycles. The number of anilines is 1. The summed E-state index contributed by atoms with van der Waals surface area (Å²) in [6, 6.07) is 12.1. The third-order valence-corrected chi connectivity index (χ3v) is 8.22. The molecule has 0 radical (unpaired) electrons. The lowest BCUT2D eigenvalue weighted by Gasteiger charge is -2.34. The standard InChI is InChI=1S/C28H39N3O5S/c1-6-25(28(33)29-23-13-7-8-14-23)30(18-22-12-10-15-24(17-22)36-4)27(32)19-31(37(5,34)35)26-16-9-11-20(2)21(26)3/h9-12,15-17,23,25H,6-8,13-14,18-19H2,1-5H3,(H,29,33)/t25-/m1/s1. The van der Waals surface area contributed by atoms with Crippen LogP contribution in [0.3, 0.4) is 0 Å². The molecule has 202 valence electrons. The molecule has 1 atom stereocenters. The van der Waals surface area contributed by atoms with Crippen molar-refractivity contribution in [1.82, 2.24) is 10.2 Å². The van der Waals surface area contributed by atoms with Gasteiger partial charge in [-0.2, -0.15) is 0 Å². The number of ether oxygens (including phenoxy) is 1. The van der Waals surface area contributed by atoms with Crippen molar-refractivity contribution in [3.05, 3.63) is 59.2 Å². The van der Waals surface area contributed by atoms with Crippen LogP contribution in [0.2, 0.25) is 0 Å². The van der Waals surface area contributed by atoms with Gasteiger partial charge in [-0.05, 0) is 68.0 Å². The molecule has 37 heavy (non-hydrogen) atoms. The van der Waals surface area contributed by atoms with Crippen LogP contribution >= 0.6 is 0 Å². The molecule has 3 rings (SSSR count). The number of nitrogens with zero attached hydrogens (tertiary/aromatic N) is 2. The maximum absolute atomic E-state index is 13.9. The fraction of sp³-hybridized carbons (Fsp3) is 0.500. The van der Waals surface area contributed by atoms with Crippen LogP contribution in [0, 0.1) is 13.8 Å². The lowest BCUT2D eigenvalue weighted by Crippen LogP contribution is -2.53. The Kier molecular flexibility index (Phi) is 9.59. The van der Waals surface area contributed by atoms with Crippen molar-refractivity contribution in [3.8, 4) is 5.75 Å². The molecule has 2 aromatic rings. The van der Waals surface area contributed by atoms with E-state index in [0.717, 1.165) is 52.9 Å². The minimum atomic E-state index is -3.78. The predicted octanol–water partition coefficient (Wildman–Crippen LogP) is 3.94. The number of benzene rings is 2. The van der Waals surface area contributed by atoms with Gasteiger partial charge in [-0.25, -0.2) is 8.42 Å². The van der Waals surface area contributed by atoms with E-state index in [2.05, 4.69) is 5.32 Å². The minimum absolute atomic E-state index is 0.109. The van der Waals surface area contributed by atoms with E-state index in [-0.39, 0.29) is 18.5 Å². The second kappa shape index (κ2) is 12.4. The van der Waals surface area contributed by atoms with Crippen LogP contribution in [0.15, 0.2) is 42.5 Å². The first kappa shape index (κ1) is 28.5. The van der Waals surface area contributed by atoms with E-state index in [1.165, 1.54) is 4.90 Å². The molecule has 1 saturated carbocycles. The average Bonchev–Trinajstić information content (AvgIpc) is 3.36. The Balaban J connectivity index is 1.96. The fourth-order valence-electron chi connectivity index (χ4n) is 4.86. The second-order valence-corrected chi connectivity index (χ2v) is 11.7. The lowest BCUT2D eigenvalue weighted by atomic mass is 10.1. The number of sulfonamides is 1. The van der Waals surface area contributed by atoms with Gasteiger partial charge in [0.25, 0.3) is 0 Å². The SMILES string of the molecule is CC[C@H](C(=O)NC1CCCC1)N(Cc1cccc(OC)c1)C(=O)CN(c1cccc(C)c1C)S(C)(=O)=O. The van der Waals surface area contributed by atoms with Crippen molar-refractivity contribution >= 4 is 27.5 Å². The molecule has 0 aliphatic heterocycles. The highest BCUT2D eigenvalue weighted by molar-refractivity contribution is 7.92. The summed E-state index contributed by atoms with van der Waals surface area (Å²) in [6.07, 6.45) is 5.51. The van der Waals surface area contributed by atoms with Gasteiger partial charge in [0, 0.05) is 12.6 Å². The Morgan fingerprint density at radius 1 is 1.11 bits per heavy atom. The number of amides is 2. The molecule has 9 heteroatoms. The van der Waals surface area contributed by atoms with Crippen LogP contribution in [-0.2, 0) is 26.2 Å². The molecule has 1 aliphatic rings.